The highest BCUT2D eigenvalue weighted by Gasteiger charge is 2.32. The van der Waals surface area contributed by atoms with Crippen molar-refractivity contribution in [2.75, 3.05) is 26.2 Å². The second kappa shape index (κ2) is 6.62. The number of phenols is 1. The van der Waals surface area contributed by atoms with Crippen LogP contribution in [-0.4, -0.2) is 54.3 Å². The molecule has 2 fully saturated rings. The number of carbonyl (C=O) groups is 1. The first-order chi connectivity index (χ1) is 10.5. The summed E-state index contributed by atoms with van der Waals surface area (Å²) in [6.45, 7) is 3.03. The summed E-state index contributed by atoms with van der Waals surface area (Å²) in [6.07, 6.45) is 2.36. The van der Waals surface area contributed by atoms with Crippen molar-refractivity contribution in [2.24, 2.45) is 0 Å². The van der Waals surface area contributed by atoms with Crippen molar-refractivity contribution in [3.8, 4) is 5.75 Å². The van der Waals surface area contributed by atoms with E-state index in [1.54, 1.807) is 0 Å². The third-order valence-electron chi connectivity index (χ3n) is 4.21. The molecule has 2 aliphatic rings. The highest BCUT2D eigenvalue weighted by atomic mass is 35.5. The van der Waals surface area contributed by atoms with Crippen LogP contribution >= 0.6 is 23.2 Å². The van der Waals surface area contributed by atoms with Gasteiger partial charge in [-0.1, -0.05) is 23.2 Å². The minimum atomic E-state index is -0.425. The second-order valence-corrected chi connectivity index (χ2v) is 6.58. The van der Waals surface area contributed by atoms with Gasteiger partial charge >= 0.3 is 0 Å². The van der Waals surface area contributed by atoms with Crippen LogP contribution in [0.25, 0.3) is 0 Å². The first-order valence-corrected chi connectivity index (χ1v) is 8.12. The Balaban J connectivity index is 1.59. The maximum absolute atomic E-state index is 12.2. The van der Waals surface area contributed by atoms with Gasteiger partial charge in [-0.3, -0.25) is 9.69 Å². The highest BCUT2D eigenvalue weighted by Crippen LogP contribution is 2.30. The predicted molar refractivity (Wildman–Crippen MR) is 84.8 cm³/mol. The molecule has 1 aromatic carbocycles. The summed E-state index contributed by atoms with van der Waals surface area (Å²) in [4.78, 5) is 14.6. The zero-order chi connectivity index (χ0) is 15.7. The number of rotatable bonds is 3. The quantitative estimate of drug-likeness (QED) is 0.883. The summed E-state index contributed by atoms with van der Waals surface area (Å²) in [6, 6.07) is 3.26. The molecule has 22 heavy (non-hydrogen) atoms. The van der Waals surface area contributed by atoms with E-state index in [2.05, 4.69) is 10.2 Å². The van der Waals surface area contributed by atoms with Crippen LogP contribution in [0.4, 0.5) is 0 Å². The van der Waals surface area contributed by atoms with E-state index in [0.29, 0.717) is 19.2 Å². The number of fused-ring (bicyclic) bond motifs is 1. The Labute approximate surface area is 139 Å². The molecule has 120 valence electrons. The first kappa shape index (κ1) is 15.9. The summed E-state index contributed by atoms with van der Waals surface area (Å²) in [5, 5.41) is 13.0. The lowest BCUT2D eigenvalue weighted by Gasteiger charge is -2.35. The van der Waals surface area contributed by atoms with Crippen LogP contribution in [0.3, 0.4) is 0 Å². The molecule has 0 bridgehead atoms. The molecule has 2 atom stereocenters. The van der Waals surface area contributed by atoms with Crippen LogP contribution in [0.2, 0.25) is 10.0 Å². The topological polar surface area (TPSA) is 61.8 Å². The van der Waals surface area contributed by atoms with Crippen molar-refractivity contribution in [3.05, 3.63) is 27.7 Å². The lowest BCUT2D eigenvalue weighted by Crippen LogP contribution is -2.50. The Morgan fingerprint density at radius 3 is 3.05 bits per heavy atom. The number of hydrogen-bond acceptors (Lipinski definition) is 4. The van der Waals surface area contributed by atoms with Crippen molar-refractivity contribution in [1.82, 2.24) is 10.2 Å². The minimum Gasteiger partial charge on any atom is -0.507 e. The van der Waals surface area contributed by atoms with Crippen LogP contribution < -0.4 is 5.32 Å². The van der Waals surface area contributed by atoms with Gasteiger partial charge in [-0.05, 0) is 31.5 Å². The van der Waals surface area contributed by atoms with Crippen molar-refractivity contribution < 1.29 is 14.6 Å². The zero-order valence-corrected chi connectivity index (χ0v) is 13.5. The molecular formula is C15H18Cl2N2O3. The molecule has 5 nitrogen and oxygen atoms in total. The SMILES string of the molecule is O=C(NC[C@@H]1CN2CCC[C@@H]2CO1)c1c(O)cc(Cl)cc1Cl. The third-order valence-corrected chi connectivity index (χ3v) is 4.73. The normalized spacial score (nSPS) is 25.0. The molecule has 2 saturated heterocycles. The van der Waals surface area contributed by atoms with Gasteiger partial charge in [0, 0.05) is 24.2 Å². The van der Waals surface area contributed by atoms with E-state index in [9.17, 15) is 9.90 Å². The zero-order valence-electron chi connectivity index (χ0n) is 12.0. The molecule has 3 rings (SSSR count). The number of benzene rings is 1. The standard InChI is InChI=1S/C15H18Cl2N2O3/c16-9-4-12(17)14(13(20)5-9)15(21)18-6-11-7-19-3-1-2-10(19)8-22-11/h4-5,10-11,20H,1-3,6-8H2,(H,18,21)/t10-,11-/m1/s1. The van der Waals surface area contributed by atoms with E-state index < -0.39 is 5.91 Å². The van der Waals surface area contributed by atoms with Gasteiger partial charge in [0.25, 0.3) is 5.91 Å². The maximum Gasteiger partial charge on any atom is 0.256 e. The molecule has 0 spiro atoms. The molecule has 2 aliphatic heterocycles. The number of morpholine rings is 1. The Morgan fingerprint density at radius 2 is 2.27 bits per heavy atom. The van der Waals surface area contributed by atoms with Crippen LogP contribution in [0.1, 0.15) is 23.2 Å². The van der Waals surface area contributed by atoms with E-state index in [4.69, 9.17) is 27.9 Å². The van der Waals surface area contributed by atoms with Crippen molar-refractivity contribution in [1.29, 1.82) is 0 Å². The van der Waals surface area contributed by atoms with E-state index >= 15 is 0 Å². The molecule has 0 aromatic heterocycles. The molecule has 0 unspecified atom stereocenters. The molecule has 0 aliphatic carbocycles. The molecule has 0 radical (unpaired) electrons. The van der Waals surface area contributed by atoms with Crippen LogP contribution in [0.15, 0.2) is 12.1 Å². The van der Waals surface area contributed by atoms with Crippen LogP contribution in [-0.2, 0) is 4.74 Å². The third kappa shape index (κ3) is 3.33. The van der Waals surface area contributed by atoms with Crippen LogP contribution in [0.5, 0.6) is 5.75 Å². The summed E-state index contributed by atoms with van der Waals surface area (Å²) in [7, 11) is 0. The van der Waals surface area contributed by atoms with E-state index in [-0.39, 0.29) is 27.5 Å². The second-order valence-electron chi connectivity index (χ2n) is 5.74. The van der Waals surface area contributed by atoms with E-state index in [1.807, 2.05) is 0 Å². The summed E-state index contributed by atoms with van der Waals surface area (Å²) >= 11 is 11.8. The Morgan fingerprint density at radius 1 is 1.45 bits per heavy atom. The number of carbonyl (C=O) groups excluding carboxylic acids is 1. The minimum absolute atomic E-state index is 0.0356. The number of ether oxygens (including phenoxy) is 1. The summed E-state index contributed by atoms with van der Waals surface area (Å²) < 4.78 is 5.78. The van der Waals surface area contributed by atoms with Gasteiger partial charge in [-0.2, -0.15) is 0 Å². The number of nitrogens with zero attached hydrogens (tertiary/aromatic N) is 1. The summed E-state index contributed by atoms with van der Waals surface area (Å²) in [5.41, 5.74) is 0.0425. The van der Waals surface area contributed by atoms with Gasteiger partial charge < -0.3 is 15.2 Å². The van der Waals surface area contributed by atoms with Crippen LogP contribution in [0, 0.1) is 0 Å². The maximum atomic E-state index is 12.2. The predicted octanol–water partition coefficient (Wildman–Crippen LogP) is 2.29. The fourth-order valence-electron chi connectivity index (χ4n) is 3.09. The average Bonchev–Trinajstić information content (AvgIpc) is 2.91. The fraction of sp³-hybridized carbons (Fsp3) is 0.533. The Kier molecular flexibility index (Phi) is 4.78. The molecule has 1 amide bonds. The van der Waals surface area contributed by atoms with E-state index in [1.165, 1.54) is 25.0 Å². The number of hydrogen-bond donors (Lipinski definition) is 2. The van der Waals surface area contributed by atoms with E-state index in [0.717, 1.165) is 13.1 Å². The van der Waals surface area contributed by atoms with Gasteiger partial charge in [0.1, 0.15) is 5.75 Å². The summed E-state index contributed by atoms with van der Waals surface area (Å²) in [5.74, 6) is -0.648. The van der Waals surface area contributed by atoms with Crippen molar-refractivity contribution >= 4 is 29.1 Å². The van der Waals surface area contributed by atoms with Gasteiger partial charge in [-0.15, -0.1) is 0 Å². The monoisotopic (exact) mass is 344 g/mol. The number of amides is 1. The van der Waals surface area contributed by atoms with Gasteiger partial charge in [0.05, 0.1) is 23.3 Å². The van der Waals surface area contributed by atoms with Crippen molar-refractivity contribution in [3.63, 3.8) is 0 Å². The van der Waals surface area contributed by atoms with Gasteiger partial charge in [-0.25, -0.2) is 0 Å². The largest absolute Gasteiger partial charge is 0.507 e. The lowest BCUT2D eigenvalue weighted by molar-refractivity contribution is -0.0461. The number of nitrogens with one attached hydrogen (secondary N) is 1. The Bertz CT molecular complexity index is 559. The fourth-order valence-corrected chi connectivity index (χ4v) is 3.66. The molecule has 7 heteroatoms. The average molecular weight is 345 g/mol. The van der Waals surface area contributed by atoms with Gasteiger partial charge in [0.2, 0.25) is 0 Å². The molecular weight excluding hydrogens is 327 g/mol. The molecule has 1 aromatic rings. The highest BCUT2D eigenvalue weighted by molar-refractivity contribution is 6.37. The molecule has 2 heterocycles. The number of aromatic hydroxyl groups is 1. The van der Waals surface area contributed by atoms with Crippen molar-refractivity contribution in [2.45, 2.75) is 25.0 Å². The Hall–Kier alpha value is -1.01. The van der Waals surface area contributed by atoms with Gasteiger partial charge in [0.15, 0.2) is 0 Å². The smallest absolute Gasteiger partial charge is 0.256 e. The lowest BCUT2D eigenvalue weighted by atomic mass is 10.1. The molecule has 2 N–H and O–H groups in total. The number of halogens is 2. The number of phenolic OH excluding ortho intramolecular Hbond substituents is 1. The molecule has 0 saturated carbocycles. The first-order valence-electron chi connectivity index (χ1n) is 7.36.